The lowest BCUT2D eigenvalue weighted by molar-refractivity contribution is 0.599. The monoisotopic (exact) mass is 291 g/mol. The molecule has 0 spiro atoms. The molecule has 1 heterocycles. The Balaban J connectivity index is 1.99. The van der Waals surface area contributed by atoms with Crippen LogP contribution in [0.2, 0.25) is 0 Å². The Morgan fingerprint density at radius 1 is 1.05 bits per heavy atom. The van der Waals surface area contributed by atoms with Crippen molar-refractivity contribution in [3.05, 3.63) is 54.3 Å². The first-order valence-electron chi connectivity index (χ1n) is 5.78. The second-order valence-corrected chi connectivity index (χ2v) is 5.86. The molecule has 2 aromatic carbocycles. The number of nitrogens with zero attached hydrogens (tertiary/aromatic N) is 1. The number of fused-ring (bicyclic) bond motifs is 1. The van der Waals surface area contributed by atoms with Crippen LogP contribution in [0.25, 0.3) is 10.9 Å². The fraction of sp³-hybridized carbons (Fsp3) is 0. The molecular weight excluding hydrogens is 281 g/mol. The highest BCUT2D eigenvalue weighted by molar-refractivity contribution is 7.92. The van der Waals surface area contributed by atoms with Gasteiger partial charge in [0.15, 0.2) is 5.82 Å². The average molecular weight is 291 g/mol. The van der Waals surface area contributed by atoms with E-state index in [0.717, 1.165) is 17.6 Å². The van der Waals surface area contributed by atoms with Gasteiger partial charge in [0, 0.05) is 5.39 Å². The van der Waals surface area contributed by atoms with E-state index in [9.17, 15) is 12.8 Å². The summed E-state index contributed by atoms with van der Waals surface area (Å²) < 4.78 is 39.5. The van der Waals surface area contributed by atoms with Gasteiger partial charge in [-0.1, -0.05) is 12.1 Å². The number of sulfonamides is 1. The van der Waals surface area contributed by atoms with E-state index < -0.39 is 15.8 Å². The van der Waals surface area contributed by atoms with Crippen LogP contribution in [0.4, 0.5) is 10.2 Å². The van der Waals surface area contributed by atoms with Gasteiger partial charge in [-0.15, -0.1) is 0 Å². The summed E-state index contributed by atoms with van der Waals surface area (Å²) in [5.74, 6) is -0.279. The van der Waals surface area contributed by atoms with Crippen LogP contribution in [0.15, 0.2) is 53.4 Å². The van der Waals surface area contributed by atoms with E-state index in [-0.39, 0.29) is 10.7 Å². The van der Waals surface area contributed by atoms with Gasteiger partial charge < -0.3 is 0 Å². The molecule has 1 aromatic heterocycles. The summed E-state index contributed by atoms with van der Waals surface area (Å²) in [6.45, 7) is 0. The Labute approximate surface area is 114 Å². The van der Waals surface area contributed by atoms with Crippen LogP contribution in [0.5, 0.6) is 0 Å². The lowest BCUT2D eigenvalue weighted by Crippen LogP contribution is -2.13. The molecule has 0 aliphatic rings. The summed E-state index contributed by atoms with van der Waals surface area (Å²) >= 11 is 0. The van der Waals surface area contributed by atoms with Gasteiger partial charge in [-0.2, -0.15) is 5.10 Å². The van der Waals surface area contributed by atoms with E-state index in [1.54, 1.807) is 18.2 Å². The third kappa shape index (κ3) is 2.23. The Bertz CT molecular complexity index is 857. The minimum absolute atomic E-state index is 0.0222. The zero-order valence-corrected chi connectivity index (χ0v) is 11.0. The Hall–Kier alpha value is -2.41. The molecule has 2 N–H and O–H groups in total. The zero-order chi connectivity index (χ0) is 14.2. The number of halogens is 1. The van der Waals surface area contributed by atoms with Crippen molar-refractivity contribution in [2.45, 2.75) is 4.90 Å². The summed E-state index contributed by atoms with van der Waals surface area (Å²) in [7, 11) is -3.79. The van der Waals surface area contributed by atoms with E-state index in [4.69, 9.17) is 0 Å². The van der Waals surface area contributed by atoms with E-state index in [1.807, 2.05) is 6.07 Å². The third-order valence-corrected chi connectivity index (χ3v) is 4.18. The number of nitrogens with one attached hydrogen (secondary N) is 2. The molecule has 20 heavy (non-hydrogen) atoms. The molecule has 0 saturated carbocycles. The minimum atomic E-state index is -3.79. The van der Waals surface area contributed by atoms with Crippen molar-refractivity contribution < 1.29 is 12.8 Å². The van der Waals surface area contributed by atoms with Crippen LogP contribution < -0.4 is 4.72 Å². The van der Waals surface area contributed by atoms with Gasteiger partial charge >= 0.3 is 0 Å². The second-order valence-electron chi connectivity index (χ2n) is 4.18. The highest BCUT2D eigenvalue weighted by atomic mass is 32.2. The number of hydrogen-bond acceptors (Lipinski definition) is 3. The number of aromatic nitrogens is 2. The number of para-hydroxylation sites is 1. The molecule has 0 bridgehead atoms. The van der Waals surface area contributed by atoms with Crippen LogP contribution >= 0.6 is 0 Å². The molecule has 0 atom stereocenters. The van der Waals surface area contributed by atoms with Crippen molar-refractivity contribution in [2.75, 3.05) is 4.72 Å². The van der Waals surface area contributed by atoms with E-state index in [1.165, 1.54) is 12.1 Å². The summed E-state index contributed by atoms with van der Waals surface area (Å²) in [6, 6.07) is 11.7. The molecule has 0 aliphatic carbocycles. The number of aromatic amines is 1. The van der Waals surface area contributed by atoms with Crippen molar-refractivity contribution in [3.8, 4) is 0 Å². The number of benzene rings is 2. The second kappa shape index (κ2) is 4.61. The first-order valence-corrected chi connectivity index (χ1v) is 7.26. The molecule has 0 aliphatic heterocycles. The molecule has 102 valence electrons. The number of H-pyrrole nitrogens is 1. The predicted molar refractivity (Wildman–Crippen MR) is 73.3 cm³/mol. The van der Waals surface area contributed by atoms with E-state index in [0.29, 0.717) is 5.39 Å². The lowest BCUT2D eigenvalue weighted by atomic mass is 10.2. The molecule has 3 rings (SSSR count). The van der Waals surface area contributed by atoms with Gasteiger partial charge in [0.05, 0.1) is 10.4 Å². The molecule has 0 fully saturated rings. The fourth-order valence-corrected chi connectivity index (χ4v) is 2.86. The van der Waals surface area contributed by atoms with Crippen LogP contribution in [-0.4, -0.2) is 18.6 Å². The molecule has 0 amide bonds. The molecule has 0 radical (unpaired) electrons. The summed E-state index contributed by atoms with van der Waals surface area (Å²) in [6.07, 6.45) is 0. The summed E-state index contributed by atoms with van der Waals surface area (Å²) in [5.41, 5.74) is 0.726. The molecule has 5 nitrogen and oxygen atoms in total. The average Bonchev–Trinajstić information content (AvgIpc) is 2.82. The third-order valence-electron chi connectivity index (χ3n) is 2.83. The Morgan fingerprint density at radius 3 is 2.50 bits per heavy atom. The number of anilines is 1. The maximum atomic E-state index is 12.8. The van der Waals surface area contributed by atoms with Crippen LogP contribution in [0.1, 0.15) is 0 Å². The van der Waals surface area contributed by atoms with Crippen molar-refractivity contribution in [3.63, 3.8) is 0 Å². The number of hydrogen-bond donors (Lipinski definition) is 2. The van der Waals surface area contributed by atoms with Gasteiger partial charge in [-0.05, 0) is 36.4 Å². The highest BCUT2D eigenvalue weighted by Gasteiger charge is 2.17. The summed E-state index contributed by atoms with van der Waals surface area (Å²) in [4.78, 5) is -0.0222. The van der Waals surface area contributed by atoms with Crippen LogP contribution in [0, 0.1) is 5.82 Å². The van der Waals surface area contributed by atoms with Gasteiger partial charge in [-0.3, -0.25) is 9.82 Å². The maximum Gasteiger partial charge on any atom is 0.263 e. The summed E-state index contributed by atoms with van der Waals surface area (Å²) in [5, 5.41) is 7.33. The smallest absolute Gasteiger partial charge is 0.263 e. The van der Waals surface area contributed by atoms with Crippen LogP contribution in [-0.2, 0) is 10.0 Å². The first kappa shape index (κ1) is 12.6. The minimum Gasteiger partial charge on any atom is -0.276 e. The molecule has 3 aromatic rings. The Morgan fingerprint density at radius 2 is 1.75 bits per heavy atom. The largest absolute Gasteiger partial charge is 0.276 e. The Kier molecular flexibility index (Phi) is 2.90. The standard InChI is InChI=1S/C13H10FN3O2S/c14-9-5-7-10(8-6-9)20(18,19)17-13-11-3-1-2-4-12(11)15-16-13/h1-8H,(H2,15,16,17). The first-order chi connectivity index (χ1) is 9.56. The quantitative estimate of drug-likeness (QED) is 0.778. The maximum absolute atomic E-state index is 12.8. The van der Waals surface area contributed by atoms with Crippen molar-refractivity contribution in [1.29, 1.82) is 0 Å². The van der Waals surface area contributed by atoms with Gasteiger partial charge in [0.25, 0.3) is 10.0 Å². The lowest BCUT2D eigenvalue weighted by Gasteiger charge is -2.05. The van der Waals surface area contributed by atoms with E-state index >= 15 is 0 Å². The van der Waals surface area contributed by atoms with Crippen molar-refractivity contribution >= 4 is 26.7 Å². The van der Waals surface area contributed by atoms with Gasteiger partial charge in [-0.25, -0.2) is 12.8 Å². The number of rotatable bonds is 3. The molecular formula is C13H10FN3O2S. The SMILES string of the molecule is O=S(=O)(Nc1n[nH]c2ccccc12)c1ccc(F)cc1. The van der Waals surface area contributed by atoms with Gasteiger partial charge in [0.1, 0.15) is 5.82 Å². The van der Waals surface area contributed by atoms with Gasteiger partial charge in [0.2, 0.25) is 0 Å². The zero-order valence-electron chi connectivity index (χ0n) is 10.2. The van der Waals surface area contributed by atoms with Crippen molar-refractivity contribution in [1.82, 2.24) is 10.2 Å². The molecule has 0 unspecified atom stereocenters. The molecule has 0 saturated heterocycles. The topological polar surface area (TPSA) is 74.8 Å². The highest BCUT2D eigenvalue weighted by Crippen LogP contribution is 2.22. The van der Waals surface area contributed by atoms with Crippen molar-refractivity contribution in [2.24, 2.45) is 0 Å². The van der Waals surface area contributed by atoms with E-state index in [2.05, 4.69) is 14.9 Å². The fourth-order valence-electron chi connectivity index (χ4n) is 1.84. The van der Waals surface area contributed by atoms with Crippen LogP contribution in [0.3, 0.4) is 0 Å². The normalized spacial score (nSPS) is 11.7. The molecule has 7 heteroatoms. The predicted octanol–water partition coefficient (Wildman–Crippen LogP) is 2.50.